The van der Waals surface area contributed by atoms with E-state index in [9.17, 15) is 13.2 Å². The maximum atomic E-state index is 12.8. The van der Waals surface area contributed by atoms with Crippen LogP contribution in [0.25, 0.3) is 0 Å². The first-order valence-electron chi connectivity index (χ1n) is 6.47. The molecule has 1 spiro atoms. The van der Waals surface area contributed by atoms with Crippen LogP contribution in [0, 0.1) is 0 Å². The first kappa shape index (κ1) is 11.9. The molecule has 0 amide bonds. The maximum Gasteiger partial charge on any atom is 0.416 e. The Balaban J connectivity index is 2.04. The Morgan fingerprint density at radius 1 is 1.06 bits per heavy atom. The van der Waals surface area contributed by atoms with Gasteiger partial charge in [-0.25, -0.2) is 0 Å². The minimum atomic E-state index is -4.24. The van der Waals surface area contributed by atoms with Crippen LogP contribution in [0.4, 0.5) is 18.9 Å². The maximum absolute atomic E-state index is 12.8. The molecule has 0 radical (unpaired) electrons. The Hall–Kier alpha value is -1.19. The Labute approximate surface area is 104 Å². The average molecular weight is 255 g/mol. The third-order valence-corrected chi connectivity index (χ3v) is 4.35. The van der Waals surface area contributed by atoms with Crippen LogP contribution in [0.15, 0.2) is 18.2 Å². The van der Waals surface area contributed by atoms with E-state index in [2.05, 4.69) is 5.32 Å². The van der Waals surface area contributed by atoms with Crippen molar-refractivity contribution in [2.45, 2.75) is 43.7 Å². The number of nitrogens with one attached hydrogen (secondary N) is 1. The van der Waals surface area contributed by atoms with Gasteiger partial charge in [-0.1, -0.05) is 19.3 Å². The van der Waals surface area contributed by atoms with E-state index in [0.717, 1.165) is 43.5 Å². The molecule has 1 nitrogen and oxygen atoms in total. The van der Waals surface area contributed by atoms with Gasteiger partial charge < -0.3 is 5.32 Å². The first-order valence-corrected chi connectivity index (χ1v) is 6.47. The fourth-order valence-electron chi connectivity index (χ4n) is 3.35. The fraction of sp³-hybridized carbons (Fsp3) is 0.571. The van der Waals surface area contributed by atoms with E-state index < -0.39 is 11.7 Å². The summed E-state index contributed by atoms with van der Waals surface area (Å²) in [5, 5.41) is 3.27. The van der Waals surface area contributed by atoms with Crippen molar-refractivity contribution in [3.05, 3.63) is 29.3 Å². The van der Waals surface area contributed by atoms with Gasteiger partial charge in [-0.05, 0) is 36.6 Å². The topological polar surface area (TPSA) is 12.0 Å². The molecule has 1 aromatic rings. The summed E-state index contributed by atoms with van der Waals surface area (Å²) in [5.74, 6) is 0. The molecule has 0 atom stereocenters. The van der Waals surface area contributed by atoms with Crippen molar-refractivity contribution in [3.8, 4) is 0 Å². The number of hydrogen-bond acceptors (Lipinski definition) is 1. The molecule has 1 aliphatic heterocycles. The second-order valence-corrected chi connectivity index (χ2v) is 5.45. The Bertz CT molecular complexity index is 453. The van der Waals surface area contributed by atoms with Crippen LogP contribution < -0.4 is 5.32 Å². The molecule has 0 bridgehead atoms. The molecule has 1 aliphatic carbocycles. The molecular weight excluding hydrogens is 239 g/mol. The smallest absolute Gasteiger partial charge is 0.384 e. The third-order valence-electron chi connectivity index (χ3n) is 4.35. The summed E-state index contributed by atoms with van der Waals surface area (Å²) in [4.78, 5) is 0. The van der Waals surface area contributed by atoms with Crippen LogP contribution >= 0.6 is 0 Å². The summed E-state index contributed by atoms with van der Waals surface area (Å²) in [5.41, 5.74) is 1.21. The lowest BCUT2D eigenvalue weighted by Gasteiger charge is -2.33. The molecule has 4 heteroatoms. The van der Waals surface area contributed by atoms with Gasteiger partial charge in [0.2, 0.25) is 0 Å². The molecular formula is C14H16F3N. The normalized spacial score (nSPS) is 21.7. The molecule has 1 fully saturated rings. The quantitative estimate of drug-likeness (QED) is 0.727. The van der Waals surface area contributed by atoms with Crippen LogP contribution in [0.3, 0.4) is 0 Å². The van der Waals surface area contributed by atoms with Crippen LogP contribution in [-0.2, 0) is 11.6 Å². The van der Waals surface area contributed by atoms with Crippen molar-refractivity contribution in [1.82, 2.24) is 0 Å². The highest BCUT2D eigenvalue weighted by Crippen LogP contribution is 2.47. The number of anilines is 1. The molecule has 18 heavy (non-hydrogen) atoms. The lowest BCUT2D eigenvalue weighted by molar-refractivity contribution is -0.137. The number of benzene rings is 1. The zero-order valence-corrected chi connectivity index (χ0v) is 10.1. The molecule has 0 unspecified atom stereocenters. The number of fused-ring (bicyclic) bond motifs is 2. The highest BCUT2D eigenvalue weighted by atomic mass is 19.4. The molecule has 2 aliphatic rings. The molecule has 3 rings (SSSR count). The Kier molecular flexibility index (Phi) is 2.57. The molecule has 0 aromatic heterocycles. The average Bonchev–Trinajstić information content (AvgIpc) is 2.68. The Morgan fingerprint density at radius 3 is 2.44 bits per heavy atom. The zero-order chi connectivity index (χ0) is 12.8. The molecule has 1 heterocycles. The predicted octanol–water partition coefficient (Wildman–Crippen LogP) is 4.33. The van der Waals surface area contributed by atoms with Gasteiger partial charge in [-0.3, -0.25) is 0 Å². The highest BCUT2D eigenvalue weighted by Gasteiger charge is 2.41. The predicted molar refractivity (Wildman–Crippen MR) is 64.7 cm³/mol. The second kappa shape index (κ2) is 3.90. The molecule has 1 aromatic carbocycles. The zero-order valence-electron chi connectivity index (χ0n) is 10.1. The van der Waals surface area contributed by atoms with Crippen molar-refractivity contribution in [2.24, 2.45) is 0 Å². The van der Waals surface area contributed by atoms with Crippen LogP contribution in [-0.4, -0.2) is 6.54 Å². The van der Waals surface area contributed by atoms with Gasteiger partial charge in [0, 0.05) is 17.6 Å². The SMILES string of the molecule is FC(F)(F)c1ccc2c(c1)C1(CCCCC1)CN2. The van der Waals surface area contributed by atoms with Gasteiger partial charge in [0.1, 0.15) is 0 Å². The van der Waals surface area contributed by atoms with E-state index in [0.29, 0.717) is 0 Å². The van der Waals surface area contributed by atoms with E-state index >= 15 is 0 Å². The van der Waals surface area contributed by atoms with Crippen molar-refractivity contribution in [2.75, 3.05) is 11.9 Å². The molecule has 98 valence electrons. The van der Waals surface area contributed by atoms with Gasteiger partial charge in [-0.15, -0.1) is 0 Å². The minimum absolute atomic E-state index is 0.0468. The minimum Gasteiger partial charge on any atom is -0.384 e. The largest absolute Gasteiger partial charge is 0.416 e. The number of alkyl halides is 3. The van der Waals surface area contributed by atoms with Gasteiger partial charge >= 0.3 is 6.18 Å². The highest BCUT2D eigenvalue weighted by molar-refractivity contribution is 5.62. The summed E-state index contributed by atoms with van der Waals surface area (Å²) < 4.78 is 38.4. The lowest BCUT2D eigenvalue weighted by Crippen LogP contribution is -2.31. The summed E-state index contributed by atoms with van der Waals surface area (Å²) in [6, 6.07) is 4.12. The third kappa shape index (κ3) is 1.78. The number of halogens is 3. The summed E-state index contributed by atoms with van der Waals surface area (Å²) in [7, 11) is 0. The van der Waals surface area contributed by atoms with Crippen LogP contribution in [0.2, 0.25) is 0 Å². The summed E-state index contributed by atoms with van der Waals surface area (Å²) >= 11 is 0. The fourth-order valence-corrected chi connectivity index (χ4v) is 3.35. The Morgan fingerprint density at radius 2 is 1.78 bits per heavy atom. The van der Waals surface area contributed by atoms with E-state index in [1.54, 1.807) is 6.07 Å². The number of rotatable bonds is 0. The van der Waals surface area contributed by atoms with Gasteiger partial charge in [0.25, 0.3) is 0 Å². The standard InChI is InChI=1S/C14H16F3N/c15-14(16,17)10-4-5-12-11(8-10)13(9-18-12)6-2-1-3-7-13/h4-5,8,18H,1-3,6-7,9H2. The van der Waals surface area contributed by atoms with Crippen molar-refractivity contribution in [3.63, 3.8) is 0 Å². The summed E-state index contributed by atoms with van der Waals surface area (Å²) in [6.45, 7) is 0.795. The van der Waals surface area contributed by atoms with Crippen molar-refractivity contribution in [1.29, 1.82) is 0 Å². The summed E-state index contributed by atoms with van der Waals surface area (Å²) in [6.07, 6.45) is 1.22. The van der Waals surface area contributed by atoms with Crippen molar-refractivity contribution >= 4 is 5.69 Å². The lowest BCUT2D eigenvalue weighted by atomic mass is 9.70. The van der Waals surface area contributed by atoms with E-state index in [1.165, 1.54) is 18.6 Å². The van der Waals surface area contributed by atoms with E-state index in [4.69, 9.17) is 0 Å². The first-order chi connectivity index (χ1) is 8.51. The number of hydrogen-bond donors (Lipinski definition) is 1. The molecule has 1 N–H and O–H groups in total. The van der Waals surface area contributed by atoms with Crippen molar-refractivity contribution < 1.29 is 13.2 Å². The molecule has 0 saturated heterocycles. The van der Waals surface area contributed by atoms with Crippen LogP contribution in [0.1, 0.15) is 43.2 Å². The monoisotopic (exact) mass is 255 g/mol. The van der Waals surface area contributed by atoms with Gasteiger partial charge in [0.15, 0.2) is 0 Å². The van der Waals surface area contributed by atoms with Gasteiger partial charge in [0.05, 0.1) is 5.56 Å². The van der Waals surface area contributed by atoms with E-state index in [-0.39, 0.29) is 5.41 Å². The van der Waals surface area contributed by atoms with Crippen LogP contribution in [0.5, 0.6) is 0 Å². The van der Waals surface area contributed by atoms with E-state index in [1.807, 2.05) is 0 Å². The second-order valence-electron chi connectivity index (χ2n) is 5.45. The van der Waals surface area contributed by atoms with Gasteiger partial charge in [-0.2, -0.15) is 13.2 Å². The molecule has 1 saturated carbocycles.